The van der Waals surface area contributed by atoms with Crippen LogP contribution in [0.3, 0.4) is 0 Å². The van der Waals surface area contributed by atoms with Crippen molar-refractivity contribution in [2.75, 3.05) is 0 Å². The van der Waals surface area contributed by atoms with Crippen molar-refractivity contribution in [3.8, 4) is 0 Å². The van der Waals surface area contributed by atoms with Crippen LogP contribution in [-0.4, -0.2) is 0 Å². The average Bonchev–Trinajstić information content (AvgIpc) is 2.31. The van der Waals surface area contributed by atoms with Gasteiger partial charge in [-0.05, 0) is 24.1 Å². The molecule has 2 aromatic rings. The summed E-state index contributed by atoms with van der Waals surface area (Å²) in [6.07, 6.45) is 0. The summed E-state index contributed by atoms with van der Waals surface area (Å²) in [5.74, 6) is -2.95. The second kappa shape index (κ2) is 5.55. The standard InChI is InChI=1S/C14H9BrClF3/c1-7-2-3-8(4-10(7)15)14(16)13-11(18)5-9(17)6-12(13)19/h2-6,14H,1H3. The molecule has 1 unspecified atom stereocenters. The van der Waals surface area contributed by atoms with E-state index in [2.05, 4.69) is 15.9 Å². The maximum Gasteiger partial charge on any atom is 0.134 e. The Hall–Kier alpha value is -1.00. The highest BCUT2D eigenvalue weighted by Crippen LogP contribution is 2.34. The van der Waals surface area contributed by atoms with E-state index in [0.717, 1.165) is 10.0 Å². The summed E-state index contributed by atoms with van der Waals surface area (Å²) in [4.78, 5) is 0. The molecule has 5 heteroatoms. The van der Waals surface area contributed by atoms with Crippen LogP contribution >= 0.6 is 27.5 Å². The first-order valence-corrected chi connectivity index (χ1v) is 6.67. The Labute approximate surface area is 122 Å². The van der Waals surface area contributed by atoms with Crippen LogP contribution in [0.1, 0.15) is 22.1 Å². The van der Waals surface area contributed by atoms with E-state index in [9.17, 15) is 13.2 Å². The van der Waals surface area contributed by atoms with Crippen LogP contribution < -0.4 is 0 Å². The maximum atomic E-state index is 13.7. The lowest BCUT2D eigenvalue weighted by molar-refractivity contribution is 0.526. The molecular formula is C14H9BrClF3. The summed E-state index contributed by atoms with van der Waals surface area (Å²) >= 11 is 9.42. The highest BCUT2D eigenvalue weighted by Gasteiger charge is 2.21. The Morgan fingerprint density at radius 2 is 1.63 bits per heavy atom. The van der Waals surface area contributed by atoms with Crippen LogP contribution in [0.15, 0.2) is 34.8 Å². The minimum Gasteiger partial charge on any atom is -0.207 e. The van der Waals surface area contributed by atoms with Gasteiger partial charge in [-0.15, -0.1) is 11.6 Å². The topological polar surface area (TPSA) is 0 Å². The lowest BCUT2D eigenvalue weighted by Crippen LogP contribution is -2.02. The molecule has 1 atom stereocenters. The molecule has 0 N–H and O–H groups in total. The van der Waals surface area contributed by atoms with Gasteiger partial charge in [-0.2, -0.15) is 0 Å². The third-order valence-electron chi connectivity index (χ3n) is 2.79. The lowest BCUT2D eigenvalue weighted by atomic mass is 10.0. The quantitative estimate of drug-likeness (QED) is 0.628. The molecule has 0 spiro atoms. The number of alkyl halides is 1. The van der Waals surface area contributed by atoms with Crippen molar-refractivity contribution in [1.29, 1.82) is 0 Å². The zero-order valence-corrected chi connectivity index (χ0v) is 12.2. The maximum absolute atomic E-state index is 13.7. The molecule has 0 saturated heterocycles. The van der Waals surface area contributed by atoms with Crippen molar-refractivity contribution < 1.29 is 13.2 Å². The van der Waals surface area contributed by atoms with Crippen LogP contribution in [0, 0.1) is 24.4 Å². The molecule has 0 heterocycles. The van der Waals surface area contributed by atoms with Crippen LogP contribution in [0.5, 0.6) is 0 Å². The second-order valence-electron chi connectivity index (χ2n) is 4.15. The minimum atomic E-state index is -1.02. The van der Waals surface area contributed by atoms with Crippen molar-refractivity contribution >= 4 is 27.5 Å². The molecule has 2 rings (SSSR count). The molecule has 0 aromatic heterocycles. The lowest BCUT2D eigenvalue weighted by Gasteiger charge is -2.13. The Kier molecular flexibility index (Phi) is 4.21. The summed E-state index contributed by atoms with van der Waals surface area (Å²) < 4.78 is 41.0. The van der Waals surface area contributed by atoms with E-state index in [1.807, 2.05) is 6.92 Å². The Morgan fingerprint density at radius 1 is 1.05 bits per heavy atom. The van der Waals surface area contributed by atoms with Crippen molar-refractivity contribution in [1.82, 2.24) is 0 Å². The number of halogens is 5. The van der Waals surface area contributed by atoms with Gasteiger partial charge in [0.2, 0.25) is 0 Å². The van der Waals surface area contributed by atoms with Crippen molar-refractivity contribution in [2.45, 2.75) is 12.3 Å². The first-order valence-electron chi connectivity index (χ1n) is 5.44. The van der Waals surface area contributed by atoms with Gasteiger partial charge < -0.3 is 0 Å². The fourth-order valence-corrected chi connectivity index (χ4v) is 2.47. The number of rotatable bonds is 2. The van der Waals surface area contributed by atoms with Gasteiger partial charge in [0.15, 0.2) is 0 Å². The van der Waals surface area contributed by atoms with Gasteiger partial charge in [-0.3, -0.25) is 0 Å². The van der Waals surface area contributed by atoms with Gasteiger partial charge >= 0.3 is 0 Å². The van der Waals surface area contributed by atoms with Crippen LogP contribution in [0.4, 0.5) is 13.2 Å². The molecule has 0 aliphatic rings. The zero-order valence-electron chi connectivity index (χ0n) is 9.85. The zero-order chi connectivity index (χ0) is 14.2. The third-order valence-corrected chi connectivity index (χ3v) is 4.11. The molecule has 0 nitrogen and oxygen atoms in total. The molecule has 100 valence electrons. The molecule has 0 amide bonds. The van der Waals surface area contributed by atoms with Crippen molar-refractivity contribution in [2.24, 2.45) is 0 Å². The molecule has 2 aromatic carbocycles. The fourth-order valence-electron chi connectivity index (χ4n) is 1.73. The Bertz CT molecular complexity index is 605. The highest BCUT2D eigenvalue weighted by atomic mass is 79.9. The summed E-state index contributed by atoms with van der Waals surface area (Å²) in [5, 5.41) is -1.02. The van der Waals surface area contributed by atoms with Crippen LogP contribution in [0.25, 0.3) is 0 Å². The predicted octanol–water partition coefficient (Wildman–Crippen LogP) is 5.50. The number of hydrogen-bond acceptors (Lipinski definition) is 0. The summed E-state index contributed by atoms with van der Waals surface area (Å²) in [6.45, 7) is 1.89. The van der Waals surface area contributed by atoms with E-state index < -0.39 is 22.8 Å². The van der Waals surface area contributed by atoms with Crippen LogP contribution in [-0.2, 0) is 0 Å². The van der Waals surface area contributed by atoms with Gasteiger partial charge in [0, 0.05) is 22.2 Å². The average molecular weight is 350 g/mol. The summed E-state index contributed by atoms with van der Waals surface area (Å²) in [5.41, 5.74) is 1.16. The summed E-state index contributed by atoms with van der Waals surface area (Å²) in [6, 6.07) is 6.40. The van der Waals surface area contributed by atoms with E-state index in [-0.39, 0.29) is 5.56 Å². The first-order chi connectivity index (χ1) is 8.90. The number of benzene rings is 2. The minimum absolute atomic E-state index is 0.348. The molecule has 0 aliphatic carbocycles. The van der Waals surface area contributed by atoms with E-state index in [1.54, 1.807) is 18.2 Å². The molecular weight excluding hydrogens is 341 g/mol. The van der Waals surface area contributed by atoms with Gasteiger partial charge in [0.05, 0.1) is 5.38 Å². The Balaban J connectivity index is 2.49. The van der Waals surface area contributed by atoms with E-state index in [4.69, 9.17) is 11.6 Å². The monoisotopic (exact) mass is 348 g/mol. The molecule has 0 aliphatic heterocycles. The van der Waals surface area contributed by atoms with Gasteiger partial charge in [0.25, 0.3) is 0 Å². The molecule has 19 heavy (non-hydrogen) atoms. The molecule has 0 bridgehead atoms. The summed E-state index contributed by atoms with van der Waals surface area (Å²) in [7, 11) is 0. The van der Waals surface area contributed by atoms with E-state index in [1.165, 1.54) is 0 Å². The van der Waals surface area contributed by atoms with Gasteiger partial charge in [-0.25, -0.2) is 13.2 Å². The first kappa shape index (κ1) is 14.4. The third kappa shape index (κ3) is 2.95. The molecule has 0 fully saturated rings. The number of hydrogen-bond donors (Lipinski definition) is 0. The highest BCUT2D eigenvalue weighted by molar-refractivity contribution is 9.10. The van der Waals surface area contributed by atoms with Crippen LogP contribution in [0.2, 0.25) is 0 Å². The normalized spacial score (nSPS) is 12.5. The smallest absolute Gasteiger partial charge is 0.134 e. The SMILES string of the molecule is Cc1ccc(C(Cl)c2c(F)cc(F)cc2F)cc1Br. The van der Waals surface area contributed by atoms with E-state index in [0.29, 0.717) is 17.7 Å². The number of aryl methyl sites for hydroxylation is 1. The van der Waals surface area contributed by atoms with Gasteiger partial charge in [-0.1, -0.05) is 28.1 Å². The predicted molar refractivity (Wildman–Crippen MR) is 72.9 cm³/mol. The fraction of sp³-hybridized carbons (Fsp3) is 0.143. The molecule has 0 radical (unpaired) electrons. The van der Waals surface area contributed by atoms with Crippen molar-refractivity contribution in [3.63, 3.8) is 0 Å². The second-order valence-corrected chi connectivity index (χ2v) is 5.45. The van der Waals surface area contributed by atoms with Gasteiger partial charge in [0.1, 0.15) is 17.5 Å². The van der Waals surface area contributed by atoms with Crippen molar-refractivity contribution in [3.05, 3.63) is 68.9 Å². The largest absolute Gasteiger partial charge is 0.207 e. The van der Waals surface area contributed by atoms with E-state index >= 15 is 0 Å². The Morgan fingerprint density at radius 3 is 2.16 bits per heavy atom. The molecule has 0 saturated carbocycles.